The number of nitrogens with zero attached hydrogens (tertiary/aromatic N) is 5. The third-order valence-corrected chi connectivity index (χ3v) is 4.49. The molecule has 10 heteroatoms. The number of aromatic nitrogens is 4. The van der Waals surface area contributed by atoms with Gasteiger partial charge in [0.1, 0.15) is 0 Å². The number of anilines is 2. The fraction of sp³-hybridized carbons (Fsp3) is 0.250. The van der Waals surface area contributed by atoms with Crippen molar-refractivity contribution in [2.45, 2.75) is 19.9 Å². The van der Waals surface area contributed by atoms with Gasteiger partial charge in [-0.2, -0.15) is 14.7 Å². The number of nitrogen functional groups attached to an aromatic ring is 1. The molecule has 8 nitrogen and oxygen atoms in total. The monoisotopic (exact) mass is 393 g/mol. The van der Waals surface area contributed by atoms with E-state index in [0.717, 1.165) is 23.4 Å². The average molecular weight is 394 g/mol. The van der Waals surface area contributed by atoms with E-state index in [9.17, 15) is 5.21 Å². The smallest absolute Gasteiger partial charge is 0.246 e. The number of rotatable bonds is 5. The maximum absolute atomic E-state index is 10.2. The maximum atomic E-state index is 10.2. The summed E-state index contributed by atoms with van der Waals surface area (Å²) in [6.45, 7) is 3.22. The maximum Gasteiger partial charge on any atom is 0.246 e. The van der Waals surface area contributed by atoms with Gasteiger partial charge in [0, 0.05) is 12.2 Å². The molecule has 0 fully saturated rings. The highest BCUT2D eigenvalue weighted by atomic mass is 35.5. The Kier molecular flexibility index (Phi) is 5.15. The first-order chi connectivity index (χ1) is 12.4. The first-order valence-electron chi connectivity index (χ1n) is 7.88. The van der Waals surface area contributed by atoms with Gasteiger partial charge in [-0.3, -0.25) is 5.41 Å². The number of benzene rings is 1. The van der Waals surface area contributed by atoms with Crippen LogP contribution in [0.5, 0.6) is 0 Å². The minimum absolute atomic E-state index is 0.0428. The average Bonchev–Trinajstić information content (AvgIpc) is 2.58. The van der Waals surface area contributed by atoms with Gasteiger partial charge in [-0.1, -0.05) is 30.1 Å². The van der Waals surface area contributed by atoms with Crippen LogP contribution in [0.25, 0.3) is 11.5 Å². The summed E-state index contributed by atoms with van der Waals surface area (Å²) in [5, 5.41) is 18.6. The number of halogens is 2. The van der Waals surface area contributed by atoms with Crippen LogP contribution < -0.4 is 16.3 Å². The van der Waals surface area contributed by atoms with E-state index < -0.39 is 0 Å². The molecule has 0 atom stereocenters. The Bertz CT molecular complexity index is 975. The van der Waals surface area contributed by atoms with E-state index in [1.165, 1.54) is 6.20 Å². The molecule has 0 saturated heterocycles. The van der Waals surface area contributed by atoms with E-state index in [2.05, 4.69) is 26.8 Å². The van der Waals surface area contributed by atoms with E-state index >= 15 is 0 Å². The molecule has 2 aliphatic heterocycles. The zero-order valence-corrected chi connectivity index (χ0v) is 15.5. The first-order valence-corrected chi connectivity index (χ1v) is 8.64. The summed E-state index contributed by atoms with van der Waals surface area (Å²) in [7, 11) is 0. The van der Waals surface area contributed by atoms with Crippen molar-refractivity contribution >= 4 is 34.7 Å². The zero-order valence-electron chi connectivity index (χ0n) is 13.9. The molecule has 0 aliphatic carbocycles. The van der Waals surface area contributed by atoms with Crippen LogP contribution in [0, 0.1) is 5.41 Å². The summed E-state index contributed by atoms with van der Waals surface area (Å²) in [5.74, 6) is 0.129. The van der Waals surface area contributed by atoms with Crippen LogP contribution in [-0.4, -0.2) is 31.4 Å². The van der Waals surface area contributed by atoms with E-state index in [-0.39, 0.29) is 23.0 Å². The number of hydrogen-bond donors (Lipinski definition) is 3. The van der Waals surface area contributed by atoms with E-state index in [0.29, 0.717) is 22.3 Å². The summed E-state index contributed by atoms with van der Waals surface area (Å²) < 4.78 is 0.812. The number of fused-ring (bicyclic) bond motifs is 1. The first kappa shape index (κ1) is 18.2. The van der Waals surface area contributed by atoms with Crippen LogP contribution in [0.3, 0.4) is 0 Å². The molecule has 0 unspecified atom stereocenters. The standard InChI is InChI=1S/C16H17Cl2N7O/c1-2-5-24(10-3-4-11(17)12(18)6-10)7-9-8-25(26)15-13(21-9)14(19)22-16(20)23-15/h3-4,6,8,26H,2,5,7H2,1H3,(H3,19,20,22). The van der Waals surface area contributed by atoms with Gasteiger partial charge in [0.05, 0.1) is 28.5 Å². The van der Waals surface area contributed by atoms with Crippen molar-refractivity contribution in [1.29, 1.82) is 5.41 Å². The molecule has 4 N–H and O–H groups in total. The lowest BCUT2D eigenvalue weighted by molar-refractivity contribution is 0.184. The molecule has 1 aromatic carbocycles. The Hall–Kier alpha value is -2.58. The minimum Gasteiger partial charge on any atom is -0.427 e. The predicted octanol–water partition coefficient (Wildman–Crippen LogP) is 2.80. The second-order valence-corrected chi connectivity index (χ2v) is 6.52. The lowest BCUT2D eigenvalue weighted by Crippen LogP contribution is -2.26. The Balaban J connectivity index is 2.00. The van der Waals surface area contributed by atoms with E-state index in [4.69, 9.17) is 34.3 Å². The van der Waals surface area contributed by atoms with Crippen molar-refractivity contribution < 1.29 is 5.21 Å². The molecule has 0 radical (unpaired) electrons. The zero-order chi connectivity index (χ0) is 18.8. The fourth-order valence-corrected chi connectivity index (χ4v) is 2.92. The number of nitrogens with one attached hydrogen (secondary N) is 1. The summed E-state index contributed by atoms with van der Waals surface area (Å²) in [5.41, 5.74) is 7.24. The van der Waals surface area contributed by atoms with Crippen molar-refractivity contribution in [2.75, 3.05) is 17.2 Å². The second kappa shape index (κ2) is 7.35. The number of nitrogens with two attached hydrogens (primary N) is 1. The van der Waals surface area contributed by atoms with Crippen molar-refractivity contribution in [3.8, 4) is 11.5 Å². The lowest BCUT2D eigenvalue weighted by Gasteiger charge is -2.25. The predicted molar refractivity (Wildman–Crippen MR) is 99.7 cm³/mol. The van der Waals surface area contributed by atoms with Gasteiger partial charge in [0.25, 0.3) is 0 Å². The lowest BCUT2D eigenvalue weighted by atomic mass is 10.2. The SMILES string of the molecule is CCCN(Cc1cn(O)c2nc(=N)nc(N)c-2n1)c1ccc(Cl)c(Cl)c1. The molecule has 2 aliphatic rings. The number of hydrogen-bond acceptors (Lipinski definition) is 7. The molecule has 0 amide bonds. The molecular weight excluding hydrogens is 377 g/mol. The molecule has 2 heterocycles. The molecule has 0 saturated carbocycles. The van der Waals surface area contributed by atoms with Crippen LogP contribution in [0.1, 0.15) is 19.0 Å². The molecule has 136 valence electrons. The van der Waals surface area contributed by atoms with Gasteiger partial charge >= 0.3 is 0 Å². The van der Waals surface area contributed by atoms with Crippen LogP contribution in [-0.2, 0) is 6.54 Å². The second-order valence-electron chi connectivity index (χ2n) is 5.70. The highest BCUT2D eigenvalue weighted by Gasteiger charge is 2.18. The molecular formula is C16H17Cl2N7O. The summed E-state index contributed by atoms with van der Waals surface area (Å²) >= 11 is 12.1. The summed E-state index contributed by atoms with van der Waals surface area (Å²) in [6, 6.07) is 5.41. The Labute approximate surface area is 159 Å². The van der Waals surface area contributed by atoms with Gasteiger partial charge in [-0.15, -0.1) is 0 Å². The van der Waals surface area contributed by atoms with Crippen LogP contribution in [0.15, 0.2) is 24.4 Å². The van der Waals surface area contributed by atoms with Crippen LogP contribution >= 0.6 is 23.2 Å². The van der Waals surface area contributed by atoms with Gasteiger partial charge < -0.3 is 15.8 Å². The quantitative estimate of drug-likeness (QED) is 0.573. The molecule has 0 aromatic heterocycles. The van der Waals surface area contributed by atoms with Gasteiger partial charge in [0.2, 0.25) is 11.4 Å². The van der Waals surface area contributed by atoms with Gasteiger partial charge in [-0.25, -0.2) is 4.98 Å². The molecule has 26 heavy (non-hydrogen) atoms. The Morgan fingerprint density at radius 1 is 1.23 bits per heavy atom. The molecule has 3 rings (SSSR count). The Morgan fingerprint density at radius 3 is 2.69 bits per heavy atom. The summed E-state index contributed by atoms with van der Waals surface area (Å²) in [6.07, 6.45) is 2.34. The third kappa shape index (κ3) is 3.66. The topological polar surface area (TPSA) is 117 Å². The molecule has 1 aromatic rings. The van der Waals surface area contributed by atoms with E-state index in [1.54, 1.807) is 12.1 Å². The third-order valence-electron chi connectivity index (χ3n) is 3.75. The van der Waals surface area contributed by atoms with Crippen LogP contribution in [0.4, 0.5) is 11.5 Å². The minimum atomic E-state index is -0.282. The van der Waals surface area contributed by atoms with E-state index in [1.807, 2.05) is 6.07 Å². The summed E-state index contributed by atoms with van der Waals surface area (Å²) in [4.78, 5) is 14.1. The van der Waals surface area contributed by atoms with Crippen LogP contribution in [0.2, 0.25) is 10.0 Å². The van der Waals surface area contributed by atoms with Gasteiger partial charge in [0.15, 0.2) is 11.5 Å². The van der Waals surface area contributed by atoms with Crippen molar-refractivity contribution in [2.24, 2.45) is 0 Å². The molecule has 0 spiro atoms. The highest BCUT2D eigenvalue weighted by Crippen LogP contribution is 2.28. The van der Waals surface area contributed by atoms with Crippen molar-refractivity contribution in [3.63, 3.8) is 0 Å². The normalized spacial score (nSPS) is 11.0. The van der Waals surface area contributed by atoms with Gasteiger partial charge in [-0.05, 0) is 24.6 Å². The Morgan fingerprint density at radius 2 is 2.00 bits per heavy atom. The van der Waals surface area contributed by atoms with Crippen molar-refractivity contribution in [3.05, 3.63) is 45.8 Å². The highest BCUT2D eigenvalue weighted by molar-refractivity contribution is 6.42. The van der Waals surface area contributed by atoms with Crippen molar-refractivity contribution in [1.82, 2.24) is 19.7 Å². The largest absolute Gasteiger partial charge is 0.427 e. The fourth-order valence-electron chi connectivity index (χ4n) is 2.62. The molecule has 0 bridgehead atoms.